The van der Waals surface area contributed by atoms with Crippen LogP contribution in [0.5, 0.6) is 0 Å². The summed E-state index contributed by atoms with van der Waals surface area (Å²) in [6.45, 7) is 13.0. The predicted molar refractivity (Wildman–Crippen MR) is 115 cm³/mol. The van der Waals surface area contributed by atoms with Gasteiger partial charge in [0.05, 0.1) is 6.54 Å². The van der Waals surface area contributed by atoms with Crippen molar-refractivity contribution in [1.29, 1.82) is 0 Å². The fourth-order valence-corrected chi connectivity index (χ4v) is 4.31. The number of carbonyl (C=O) groups excluding carboxylic acids is 2. The van der Waals surface area contributed by atoms with Crippen LogP contribution in [0.25, 0.3) is 0 Å². The second-order valence-electron chi connectivity index (χ2n) is 7.89. The van der Waals surface area contributed by atoms with Crippen molar-refractivity contribution in [2.45, 2.75) is 71.9 Å². The molecule has 0 radical (unpaired) electrons. The van der Waals surface area contributed by atoms with Crippen molar-refractivity contribution in [1.82, 2.24) is 19.8 Å². The molecule has 4 atom stereocenters. The fraction of sp³-hybridized carbons (Fsp3) is 0.800. The smallest absolute Gasteiger partial charge is 0.315 e. The number of amides is 3. The molecule has 1 aliphatic heterocycles. The fourth-order valence-electron chi connectivity index (χ4n) is 3.49. The number of unbranched alkanes of at least 4 members (excludes halogenated alkanes) is 1. The molecule has 3 amide bonds. The van der Waals surface area contributed by atoms with Gasteiger partial charge in [-0.15, -0.1) is 0 Å². The van der Waals surface area contributed by atoms with Crippen LogP contribution in [0.4, 0.5) is 4.79 Å². The predicted octanol–water partition coefficient (Wildman–Crippen LogP) is 2.62. The molecule has 1 aliphatic rings. The number of nitrogens with one attached hydrogen (secondary N) is 2. The molecular weight excluding hydrogens is 376 g/mol. The van der Waals surface area contributed by atoms with Crippen LogP contribution in [0.2, 0.25) is 0 Å². The van der Waals surface area contributed by atoms with E-state index in [2.05, 4.69) is 31.1 Å². The van der Waals surface area contributed by atoms with Gasteiger partial charge in [-0.05, 0) is 39.0 Å². The third-order valence-corrected chi connectivity index (χ3v) is 6.64. The topological polar surface area (TPSA) is 81.8 Å². The average Bonchev–Trinajstić information content (AvgIpc) is 3.08. The minimum absolute atomic E-state index is 0.000228. The highest BCUT2D eigenvalue weighted by Gasteiger charge is 2.26. The van der Waals surface area contributed by atoms with Crippen LogP contribution in [0.1, 0.15) is 59.8 Å². The molecule has 0 bridgehead atoms. The van der Waals surface area contributed by atoms with Gasteiger partial charge in [-0.2, -0.15) is 0 Å². The molecule has 0 aromatic rings. The summed E-state index contributed by atoms with van der Waals surface area (Å²) >= 11 is 0. The largest absolute Gasteiger partial charge is 0.338 e. The molecule has 1 heterocycles. The molecule has 7 nitrogen and oxygen atoms in total. The zero-order valence-electron chi connectivity index (χ0n) is 18.1. The molecule has 0 aliphatic carbocycles. The molecule has 1 rings (SSSR count). The summed E-state index contributed by atoms with van der Waals surface area (Å²) in [5, 5.41) is 5.67. The Hall–Kier alpha value is -1.41. The Bertz CT molecular complexity index is 570. The Morgan fingerprint density at radius 1 is 1.39 bits per heavy atom. The van der Waals surface area contributed by atoms with Crippen molar-refractivity contribution < 1.29 is 13.8 Å². The number of nitrogens with zero attached hydrogens (tertiary/aromatic N) is 2. The number of allylic oxidation sites excluding steroid dienone is 1. The van der Waals surface area contributed by atoms with Crippen LogP contribution in [-0.2, 0) is 15.8 Å². The highest BCUT2D eigenvalue weighted by atomic mass is 32.2. The highest BCUT2D eigenvalue weighted by Crippen LogP contribution is 2.16. The van der Waals surface area contributed by atoms with Crippen molar-refractivity contribution in [2.75, 3.05) is 26.7 Å². The van der Waals surface area contributed by atoms with Gasteiger partial charge < -0.3 is 15.5 Å². The van der Waals surface area contributed by atoms with E-state index in [0.717, 1.165) is 38.6 Å². The SMILES string of the molecule is C=C(C)S(=O)N(C)CC(NC(=O)NCC(=O)N1CCC[C@H]1C)C(C)CCCC. The molecule has 1 saturated heterocycles. The van der Waals surface area contributed by atoms with Gasteiger partial charge >= 0.3 is 6.03 Å². The Balaban J connectivity index is 2.62. The van der Waals surface area contributed by atoms with Crippen molar-refractivity contribution in [3.05, 3.63) is 11.5 Å². The molecule has 0 aromatic heterocycles. The lowest BCUT2D eigenvalue weighted by molar-refractivity contribution is -0.130. The number of hydrogen-bond donors (Lipinski definition) is 2. The molecule has 0 spiro atoms. The van der Waals surface area contributed by atoms with Gasteiger partial charge in [0.1, 0.15) is 11.0 Å². The second kappa shape index (κ2) is 12.2. The van der Waals surface area contributed by atoms with Crippen molar-refractivity contribution >= 4 is 22.9 Å². The lowest BCUT2D eigenvalue weighted by Gasteiger charge is -2.29. The Morgan fingerprint density at radius 3 is 2.61 bits per heavy atom. The summed E-state index contributed by atoms with van der Waals surface area (Å²) in [5.74, 6) is 0.181. The Morgan fingerprint density at radius 2 is 2.07 bits per heavy atom. The van der Waals surface area contributed by atoms with E-state index in [9.17, 15) is 13.8 Å². The summed E-state index contributed by atoms with van der Waals surface area (Å²) < 4.78 is 14.0. The summed E-state index contributed by atoms with van der Waals surface area (Å²) in [6, 6.07) is -0.284. The lowest BCUT2D eigenvalue weighted by Crippen LogP contribution is -2.52. The van der Waals surface area contributed by atoms with Gasteiger partial charge in [-0.3, -0.25) is 4.79 Å². The standard InChI is InChI=1S/C20H38N4O3S/c1-7-8-10-16(4)18(14-23(6)28(27)15(2)3)22-20(26)21-13-19(25)24-12-9-11-17(24)5/h16-18H,2,7-14H2,1,3-6H3,(H2,21,22,26)/t16?,17-,18?,28?/m1/s1. The van der Waals surface area contributed by atoms with Crippen molar-refractivity contribution in [2.24, 2.45) is 5.92 Å². The lowest BCUT2D eigenvalue weighted by atomic mass is 9.96. The maximum absolute atomic E-state index is 12.4. The maximum Gasteiger partial charge on any atom is 0.315 e. The maximum atomic E-state index is 12.4. The molecule has 0 aromatic carbocycles. The van der Waals surface area contributed by atoms with Gasteiger partial charge in [0.15, 0.2) is 0 Å². The highest BCUT2D eigenvalue weighted by molar-refractivity contribution is 7.86. The first-order chi connectivity index (χ1) is 13.2. The Kier molecular flexibility index (Phi) is 10.7. The summed E-state index contributed by atoms with van der Waals surface area (Å²) in [5.41, 5.74) is 0. The van der Waals surface area contributed by atoms with E-state index in [0.29, 0.717) is 11.4 Å². The molecule has 28 heavy (non-hydrogen) atoms. The van der Waals surface area contributed by atoms with Gasteiger partial charge in [0.25, 0.3) is 0 Å². The number of urea groups is 1. The van der Waals surface area contributed by atoms with Crippen LogP contribution < -0.4 is 10.6 Å². The van der Waals surface area contributed by atoms with Gasteiger partial charge in [-0.25, -0.2) is 13.3 Å². The van der Waals surface area contributed by atoms with Crippen molar-refractivity contribution in [3.8, 4) is 0 Å². The third kappa shape index (κ3) is 7.91. The first-order valence-corrected chi connectivity index (χ1v) is 11.4. The van der Waals surface area contributed by atoms with Crippen LogP contribution in [0, 0.1) is 5.92 Å². The zero-order valence-corrected chi connectivity index (χ0v) is 18.9. The monoisotopic (exact) mass is 414 g/mol. The van der Waals surface area contributed by atoms with Crippen LogP contribution in [0.15, 0.2) is 11.5 Å². The minimum Gasteiger partial charge on any atom is -0.338 e. The Labute approximate surface area is 172 Å². The molecule has 8 heteroatoms. The molecule has 162 valence electrons. The van der Waals surface area contributed by atoms with E-state index < -0.39 is 11.0 Å². The number of likely N-dealkylation sites (tertiary alicyclic amines) is 1. The van der Waals surface area contributed by atoms with E-state index in [1.807, 2.05) is 11.8 Å². The minimum atomic E-state index is -1.28. The van der Waals surface area contributed by atoms with Gasteiger partial charge in [0, 0.05) is 37.1 Å². The number of hydrogen-bond acceptors (Lipinski definition) is 3. The first kappa shape index (κ1) is 24.6. The van der Waals surface area contributed by atoms with Crippen molar-refractivity contribution in [3.63, 3.8) is 0 Å². The molecular formula is C20H38N4O3S. The van der Waals surface area contributed by atoms with E-state index in [4.69, 9.17) is 0 Å². The van der Waals surface area contributed by atoms with Crippen LogP contribution >= 0.6 is 0 Å². The third-order valence-electron chi connectivity index (χ3n) is 5.32. The van der Waals surface area contributed by atoms with E-state index in [1.165, 1.54) is 0 Å². The molecule has 2 N–H and O–H groups in total. The number of likely N-dealkylation sites (N-methyl/N-ethyl adjacent to an activating group) is 1. The quantitative estimate of drug-likeness (QED) is 0.545. The molecule has 0 saturated carbocycles. The second-order valence-corrected chi connectivity index (χ2v) is 9.71. The summed E-state index contributed by atoms with van der Waals surface area (Å²) in [4.78, 5) is 27.1. The number of rotatable bonds is 11. The van der Waals surface area contributed by atoms with E-state index in [-0.39, 0.29) is 36.5 Å². The van der Waals surface area contributed by atoms with E-state index >= 15 is 0 Å². The summed E-state index contributed by atoms with van der Waals surface area (Å²) in [6.07, 6.45) is 5.15. The zero-order chi connectivity index (χ0) is 21.3. The van der Waals surface area contributed by atoms with Gasteiger partial charge in [-0.1, -0.05) is 33.3 Å². The number of carbonyl (C=O) groups is 2. The normalized spacial score (nSPS) is 19.9. The molecule has 3 unspecified atom stereocenters. The average molecular weight is 415 g/mol. The summed E-state index contributed by atoms with van der Waals surface area (Å²) in [7, 11) is 0.481. The van der Waals surface area contributed by atoms with Gasteiger partial charge in [0.2, 0.25) is 5.91 Å². The first-order valence-electron chi connectivity index (χ1n) is 10.3. The van der Waals surface area contributed by atoms with E-state index in [1.54, 1.807) is 18.3 Å². The van der Waals surface area contributed by atoms with Crippen LogP contribution in [0.3, 0.4) is 0 Å². The molecule has 1 fully saturated rings. The van der Waals surface area contributed by atoms with Crippen LogP contribution in [-0.4, -0.2) is 64.1 Å².